The molecular formula is C12H18N2O2. The fourth-order valence-electron chi connectivity index (χ4n) is 1.33. The molecule has 4 nitrogen and oxygen atoms in total. The van der Waals surface area contributed by atoms with E-state index in [2.05, 4.69) is 12.2 Å². The molecule has 1 aromatic rings. The van der Waals surface area contributed by atoms with Crippen molar-refractivity contribution in [1.29, 1.82) is 0 Å². The number of carbonyl (C=O) groups excluding carboxylic acids is 1. The number of unbranched alkanes of at least 4 members (excludes halogenated alkanes) is 1. The first-order valence-electron chi connectivity index (χ1n) is 5.49. The number of nitrogens with two attached hydrogens (primary N) is 1. The molecule has 1 amide bonds. The van der Waals surface area contributed by atoms with Crippen molar-refractivity contribution in [3.05, 3.63) is 24.3 Å². The van der Waals surface area contributed by atoms with Crippen LogP contribution in [0.2, 0.25) is 0 Å². The van der Waals surface area contributed by atoms with E-state index in [-0.39, 0.29) is 11.7 Å². The molecular weight excluding hydrogens is 204 g/mol. The lowest BCUT2D eigenvalue weighted by atomic mass is 10.1. The largest absolute Gasteiger partial charge is 0.508 e. The SMILES string of the molecule is CCCC[C@H](N)C(=O)Nc1ccc(O)cc1. The van der Waals surface area contributed by atoms with Gasteiger partial charge in [-0.25, -0.2) is 0 Å². The van der Waals surface area contributed by atoms with Gasteiger partial charge >= 0.3 is 0 Å². The van der Waals surface area contributed by atoms with Gasteiger partial charge in [0.05, 0.1) is 6.04 Å². The quantitative estimate of drug-likeness (QED) is 0.665. The summed E-state index contributed by atoms with van der Waals surface area (Å²) in [5, 5.41) is 11.8. The van der Waals surface area contributed by atoms with Crippen LogP contribution in [0.5, 0.6) is 5.75 Å². The van der Waals surface area contributed by atoms with Crippen LogP contribution in [0, 0.1) is 0 Å². The summed E-state index contributed by atoms with van der Waals surface area (Å²) in [6.07, 6.45) is 2.67. The molecule has 0 bridgehead atoms. The summed E-state index contributed by atoms with van der Waals surface area (Å²) < 4.78 is 0. The third kappa shape index (κ3) is 3.90. The van der Waals surface area contributed by atoms with E-state index < -0.39 is 6.04 Å². The maximum Gasteiger partial charge on any atom is 0.241 e. The number of hydrogen-bond acceptors (Lipinski definition) is 3. The molecule has 0 aliphatic rings. The molecule has 0 spiro atoms. The van der Waals surface area contributed by atoms with Gasteiger partial charge in [-0.1, -0.05) is 19.8 Å². The Kier molecular flexibility index (Phi) is 4.79. The molecule has 0 fully saturated rings. The van der Waals surface area contributed by atoms with Crippen LogP contribution >= 0.6 is 0 Å². The minimum Gasteiger partial charge on any atom is -0.508 e. The maximum atomic E-state index is 11.6. The molecule has 0 aliphatic heterocycles. The molecule has 0 unspecified atom stereocenters. The van der Waals surface area contributed by atoms with E-state index in [0.29, 0.717) is 12.1 Å². The van der Waals surface area contributed by atoms with Gasteiger partial charge in [0.25, 0.3) is 0 Å². The summed E-state index contributed by atoms with van der Waals surface area (Å²) >= 11 is 0. The van der Waals surface area contributed by atoms with Crippen LogP contribution in [0.4, 0.5) is 5.69 Å². The van der Waals surface area contributed by atoms with Gasteiger partial charge in [-0.15, -0.1) is 0 Å². The minimum absolute atomic E-state index is 0.174. The molecule has 0 saturated heterocycles. The lowest BCUT2D eigenvalue weighted by Crippen LogP contribution is -2.35. The second-order valence-electron chi connectivity index (χ2n) is 3.78. The molecule has 0 radical (unpaired) electrons. The third-order valence-corrected chi connectivity index (χ3v) is 2.34. The smallest absolute Gasteiger partial charge is 0.241 e. The monoisotopic (exact) mass is 222 g/mol. The van der Waals surface area contributed by atoms with Gasteiger partial charge < -0.3 is 16.2 Å². The van der Waals surface area contributed by atoms with Crippen molar-refractivity contribution >= 4 is 11.6 Å². The molecule has 0 heterocycles. The second kappa shape index (κ2) is 6.12. The molecule has 88 valence electrons. The number of phenols is 1. The highest BCUT2D eigenvalue weighted by Crippen LogP contribution is 2.14. The lowest BCUT2D eigenvalue weighted by molar-refractivity contribution is -0.117. The topological polar surface area (TPSA) is 75.4 Å². The van der Waals surface area contributed by atoms with Crippen molar-refractivity contribution in [3.8, 4) is 5.75 Å². The van der Waals surface area contributed by atoms with E-state index in [0.717, 1.165) is 12.8 Å². The standard InChI is InChI=1S/C12H18N2O2/c1-2-3-4-11(13)12(16)14-9-5-7-10(15)8-6-9/h5-8,11,15H,2-4,13H2,1H3,(H,14,16)/t11-/m0/s1. The average molecular weight is 222 g/mol. The number of carbonyl (C=O) groups is 1. The van der Waals surface area contributed by atoms with Crippen molar-refractivity contribution in [2.75, 3.05) is 5.32 Å². The van der Waals surface area contributed by atoms with Gasteiger partial charge in [-0.3, -0.25) is 4.79 Å². The highest BCUT2D eigenvalue weighted by molar-refractivity contribution is 5.94. The average Bonchev–Trinajstić information content (AvgIpc) is 2.29. The highest BCUT2D eigenvalue weighted by Gasteiger charge is 2.12. The van der Waals surface area contributed by atoms with Gasteiger partial charge in [-0.2, -0.15) is 0 Å². The van der Waals surface area contributed by atoms with Crippen molar-refractivity contribution in [2.24, 2.45) is 5.73 Å². The summed E-state index contributed by atoms with van der Waals surface area (Å²) in [5.41, 5.74) is 6.37. The fourth-order valence-corrected chi connectivity index (χ4v) is 1.33. The Morgan fingerprint density at radius 1 is 1.44 bits per heavy atom. The molecule has 4 N–H and O–H groups in total. The Labute approximate surface area is 95.5 Å². The van der Waals surface area contributed by atoms with Crippen LogP contribution in [-0.4, -0.2) is 17.1 Å². The zero-order valence-corrected chi connectivity index (χ0v) is 9.44. The van der Waals surface area contributed by atoms with E-state index >= 15 is 0 Å². The Balaban J connectivity index is 2.47. The Morgan fingerprint density at radius 3 is 2.62 bits per heavy atom. The number of amides is 1. The van der Waals surface area contributed by atoms with Gasteiger partial charge in [0.2, 0.25) is 5.91 Å². The number of nitrogens with one attached hydrogen (secondary N) is 1. The van der Waals surface area contributed by atoms with Crippen molar-refractivity contribution in [2.45, 2.75) is 32.2 Å². The van der Waals surface area contributed by atoms with Gasteiger partial charge in [-0.05, 0) is 30.7 Å². The number of rotatable bonds is 5. The summed E-state index contributed by atoms with van der Waals surface area (Å²) in [6.45, 7) is 2.06. The summed E-state index contributed by atoms with van der Waals surface area (Å²) in [6, 6.07) is 5.86. The fraction of sp³-hybridized carbons (Fsp3) is 0.417. The normalized spacial score (nSPS) is 12.1. The second-order valence-corrected chi connectivity index (χ2v) is 3.78. The van der Waals surface area contributed by atoms with Crippen LogP contribution in [-0.2, 0) is 4.79 Å². The number of benzene rings is 1. The van der Waals surface area contributed by atoms with Crippen molar-refractivity contribution in [1.82, 2.24) is 0 Å². The first-order valence-corrected chi connectivity index (χ1v) is 5.49. The molecule has 4 heteroatoms. The van der Waals surface area contributed by atoms with Crippen molar-refractivity contribution in [3.63, 3.8) is 0 Å². The molecule has 1 aromatic carbocycles. The molecule has 0 aromatic heterocycles. The number of anilines is 1. The van der Waals surface area contributed by atoms with E-state index in [1.807, 2.05) is 0 Å². The highest BCUT2D eigenvalue weighted by atomic mass is 16.3. The summed E-state index contributed by atoms with van der Waals surface area (Å²) in [5.74, 6) is -0.00702. The van der Waals surface area contributed by atoms with Crippen LogP contribution in [0.25, 0.3) is 0 Å². The molecule has 16 heavy (non-hydrogen) atoms. The van der Waals surface area contributed by atoms with Crippen LogP contribution in [0.3, 0.4) is 0 Å². The van der Waals surface area contributed by atoms with Crippen LogP contribution < -0.4 is 11.1 Å². The maximum absolute atomic E-state index is 11.6. The third-order valence-electron chi connectivity index (χ3n) is 2.34. The van der Waals surface area contributed by atoms with Gasteiger partial charge in [0.15, 0.2) is 0 Å². The first-order chi connectivity index (χ1) is 7.63. The van der Waals surface area contributed by atoms with E-state index in [9.17, 15) is 4.79 Å². The van der Waals surface area contributed by atoms with E-state index in [1.165, 1.54) is 12.1 Å². The molecule has 0 saturated carbocycles. The molecule has 0 aliphatic carbocycles. The Bertz CT molecular complexity index is 335. The number of aromatic hydroxyl groups is 1. The molecule has 1 rings (SSSR count). The zero-order chi connectivity index (χ0) is 12.0. The van der Waals surface area contributed by atoms with Crippen LogP contribution in [0.15, 0.2) is 24.3 Å². The number of phenolic OH excluding ortho intramolecular Hbond substituents is 1. The lowest BCUT2D eigenvalue weighted by Gasteiger charge is -2.11. The summed E-state index contributed by atoms with van der Waals surface area (Å²) in [4.78, 5) is 11.6. The predicted molar refractivity (Wildman–Crippen MR) is 64.2 cm³/mol. The van der Waals surface area contributed by atoms with Crippen LogP contribution in [0.1, 0.15) is 26.2 Å². The number of hydrogen-bond donors (Lipinski definition) is 3. The minimum atomic E-state index is -0.464. The van der Waals surface area contributed by atoms with Gasteiger partial charge in [0, 0.05) is 5.69 Å². The first kappa shape index (κ1) is 12.5. The summed E-state index contributed by atoms with van der Waals surface area (Å²) in [7, 11) is 0. The Hall–Kier alpha value is -1.55. The molecule has 1 atom stereocenters. The predicted octanol–water partition coefficient (Wildman–Crippen LogP) is 1.85. The zero-order valence-electron chi connectivity index (χ0n) is 9.44. The van der Waals surface area contributed by atoms with Gasteiger partial charge in [0.1, 0.15) is 5.75 Å². The van der Waals surface area contributed by atoms with E-state index in [1.54, 1.807) is 12.1 Å². The van der Waals surface area contributed by atoms with Crippen molar-refractivity contribution < 1.29 is 9.90 Å². The van der Waals surface area contributed by atoms with E-state index in [4.69, 9.17) is 10.8 Å². The Morgan fingerprint density at radius 2 is 2.06 bits per heavy atom.